The molecule has 10 heteroatoms. The van der Waals surface area contributed by atoms with Crippen LogP contribution >= 0.6 is 0 Å². The molecule has 0 radical (unpaired) electrons. The summed E-state index contributed by atoms with van der Waals surface area (Å²) in [6, 6.07) is 3.10. The second-order valence-electron chi connectivity index (χ2n) is 7.11. The molecule has 8 nitrogen and oxygen atoms in total. The van der Waals surface area contributed by atoms with Crippen LogP contribution in [0.4, 0.5) is 4.39 Å². The SMILES string of the molecule is COCCc1nnc2n1C[C@H]1CC[C@@H](C2)N1S(=O)(=O)c1cc(F)ccc1OC. The van der Waals surface area contributed by atoms with E-state index in [2.05, 4.69) is 10.2 Å². The van der Waals surface area contributed by atoms with E-state index in [1.165, 1.54) is 23.5 Å². The van der Waals surface area contributed by atoms with Crippen molar-refractivity contribution in [3.05, 3.63) is 35.7 Å². The first kappa shape index (κ1) is 19.3. The number of rotatable bonds is 6. The molecule has 1 fully saturated rings. The van der Waals surface area contributed by atoms with Crippen LogP contribution in [0.25, 0.3) is 0 Å². The van der Waals surface area contributed by atoms with Gasteiger partial charge in [0.25, 0.3) is 0 Å². The van der Waals surface area contributed by atoms with E-state index in [0.717, 1.165) is 30.6 Å². The molecule has 1 saturated heterocycles. The molecule has 2 aromatic rings. The zero-order chi connectivity index (χ0) is 19.9. The second kappa shape index (κ2) is 7.41. The lowest BCUT2D eigenvalue weighted by Crippen LogP contribution is -2.42. The van der Waals surface area contributed by atoms with Gasteiger partial charge in [-0.2, -0.15) is 4.31 Å². The van der Waals surface area contributed by atoms with E-state index in [1.807, 2.05) is 4.57 Å². The first-order valence-corrected chi connectivity index (χ1v) is 10.7. The Kier molecular flexibility index (Phi) is 5.11. The number of methoxy groups -OCH3 is 2. The topological polar surface area (TPSA) is 86.6 Å². The Morgan fingerprint density at radius 2 is 2.00 bits per heavy atom. The highest BCUT2D eigenvalue weighted by Gasteiger charge is 2.46. The number of aromatic nitrogens is 3. The van der Waals surface area contributed by atoms with E-state index >= 15 is 0 Å². The van der Waals surface area contributed by atoms with Crippen molar-refractivity contribution in [2.75, 3.05) is 20.8 Å². The molecule has 2 aliphatic rings. The van der Waals surface area contributed by atoms with Gasteiger partial charge in [0.15, 0.2) is 0 Å². The fourth-order valence-corrected chi connectivity index (χ4v) is 6.22. The van der Waals surface area contributed by atoms with Crippen LogP contribution in [-0.4, -0.2) is 60.4 Å². The maximum absolute atomic E-state index is 13.8. The number of sulfonamides is 1. The average Bonchev–Trinajstić information content (AvgIpc) is 3.19. The standard InChI is InChI=1S/C18H23FN4O4S/c1-26-8-7-17-20-21-18-10-13-4-5-14(11-22(17)18)23(13)28(24,25)16-9-12(19)3-6-15(16)27-2/h3,6,9,13-14H,4-5,7-8,10-11H2,1-2H3/t13-,14+/m0/s1. The molecule has 0 spiro atoms. The largest absolute Gasteiger partial charge is 0.495 e. The number of hydrogen-bond acceptors (Lipinski definition) is 6. The number of fused-ring (bicyclic) bond motifs is 3. The van der Waals surface area contributed by atoms with Crippen LogP contribution in [-0.2, 0) is 34.1 Å². The lowest BCUT2D eigenvalue weighted by atomic mass is 10.1. The predicted octanol–water partition coefficient (Wildman–Crippen LogP) is 1.39. The average molecular weight is 410 g/mol. The highest BCUT2D eigenvalue weighted by atomic mass is 32.2. The molecule has 0 aliphatic carbocycles. The van der Waals surface area contributed by atoms with Crippen LogP contribution in [0.3, 0.4) is 0 Å². The minimum atomic E-state index is -3.93. The molecule has 0 saturated carbocycles. The Labute approximate surface area is 163 Å². The van der Waals surface area contributed by atoms with Gasteiger partial charge in [0.1, 0.15) is 28.1 Å². The molecule has 0 unspecified atom stereocenters. The molecule has 2 aliphatic heterocycles. The Morgan fingerprint density at radius 1 is 1.21 bits per heavy atom. The minimum Gasteiger partial charge on any atom is -0.495 e. The Balaban J connectivity index is 1.71. The third-order valence-corrected chi connectivity index (χ3v) is 7.51. The molecule has 2 bridgehead atoms. The highest BCUT2D eigenvalue weighted by Crippen LogP contribution is 2.38. The zero-order valence-electron chi connectivity index (χ0n) is 15.8. The van der Waals surface area contributed by atoms with Gasteiger partial charge in [-0.1, -0.05) is 0 Å². The van der Waals surface area contributed by atoms with Gasteiger partial charge in [-0.3, -0.25) is 0 Å². The third kappa shape index (κ3) is 3.19. The molecule has 152 valence electrons. The molecule has 1 aromatic heterocycles. The lowest BCUT2D eigenvalue weighted by molar-refractivity contribution is 0.199. The van der Waals surface area contributed by atoms with Crippen LogP contribution in [0.1, 0.15) is 24.5 Å². The van der Waals surface area contributed by atoms with Crippen molar-refractivity contribution in [1.29, 1.82) is 0 Å². The second-order valence-corrected chi connectivity index (χ2v) is 8.92. The molecule has 4 rings (SSSR count). The van der Waals surface area contributed by atoms with Crippen molar-refractivity contribution >= 4 is 10.0 Å². The summed E-state index contributed by atoms with van der Waals surface area (Å²) in [7, 11) is -0.921. The van der Waals surface area contributed by atoms with E-state index < -0.39 is 15.8 Å². The van der Waals surface area contributed by atoms with Crippen molar-refractivity contribution in [2.45, 2.75) is 49.2 Å². The maximum Gasteiger partial charge on any atom is 0.247 e. The van der Waals surface area contributed by atoms with Crippen LogP contribution in [0.5, 0.6) is 5.75 Å². The van der Waals surface area contributed by atoms with Crippen LogP contribution in [0, 0.1) is 5.82 Å². The molecular formula is C18H23FN4O4S. The number of hydrogen-bond donors (Lipinski definition) is 0. The van der Waals surface area contributed by atoms with E-state index in [-0.39, 0.29) is 22.7 Å². The molecule has 0 amide bonds. The van der Waals surface area contributed by atoms with E-state index in [1.54, 1.807) is 7.11 Å². The van der Waals surface area contributed by atoms with Gasteiger partial charge in [0.05, 0.1) is 13.7 Å². The summed E-state index contributed by atoms with van der Waals surface area (Å²) in [5.41, 5.74) is 0. The van der Waals surface area contributed by atoms with E-state index in [4.69, 9.17) is 9.47 Å². The predicted molar refractivity (Wildman–Crippen MR) is 98.1 cm³/mol. The zero-order valence-corrected chi connectivity index (χ0v) is 16.7. The fraction of sp³-hybridized carbons (Fsp3) is 0.556. The Bertz CT molecular complexity index is 978. The van der Waals surface area contributed by atoms with Crippen molar-refractivity contribution in [2.24, 2.45) is 0 Å². The minimum absolute atomic E-state index is 0.135. The number of halogens is 1. The number of benzene rings is 1. The van der Waals surface area contributed by atoms with Crippen LogP contribution in [0.2, 0.25) is 0 Å². The quantitative estimate of drug-likeness (QED) is 0.715. The normalized spacial score (nSPS) is 22.1. The van der Waals surface area contributed by atoms with Gasteiger partial charge in [-0.25, -0.2) is 12.8 Å². The Hall–Kier alpha value is -2.04. The smallest absolute Gasteiger partial charge is 0.247 e. The van der Waals surface area contributed by atoms with Gasteiger partial charge < -0.3 is 14.0 Å². The first-order valence-electron chi connectivity index (χ1n) is 9.22. The van der Waals surface area contributed by atoms with Crippen molar-refractivity contribution in [3.8, 4) is 5.75 Å². The van der Waals surface area contributed by atoms with Crippen molar-refractivity contribution in [1.82, 2.24) is 19.1 Å². The van der Waals surface area contributed by atoms with Gasteiger partial charge in [0, 0.05) is 38.6 Å². The molecule has 2 atom stereocenters. The van der Waals surface area contributed by atoms with Gasteiger partial charge in [0.2, 0.25) is 10.0 Å². The summed E-state index contributed by atoms with van der Waals surface area (Å²) in [5.74, 6) is 1.11. The number of nitrogens with zero attached hydrogens (tertiary/aromatic N) is 4. The maximum atomic E-state index is 13.8. The Morgan fingerprint density at radius 3 is 2.75 bits per heavy atom. The summed E-state index contributed by atoms with van der Waals surface area (Å²) >= 11 is 0. The van der Waals surface area contributed by atoms with Crippen LogP contribution < -0.4 is 4.74 Å². The lowest BCUT2D eigenvalue weighted by Gasteiger charge is -2.27. The summed E-state index contributed by atoms with van der Waals surface area (Å²) in [5, 5.41) is 8.53. The summed E-state index contributed by atoms with van der Waals surface area (Å²) in [4.78, 5) is -0.135. The molecule has 28 heavy (non-hydrogen) atoms. The molecular weight excluding hydrogens is 387 g/mol. The van der Waals surface area contributed by atoms with E-state index in [9.17, 15) is 12.8 Å². The van der Waals surface area contributed by atoms with Crippen molar-refractivity contribution < 1.29 is 22.3 Å². The molecule has 1 aromatic carbocycles. The molecule has 0 N–H and O–H groups in total. The fourth-order valence-electron chi connectivity index (χ4n) is 4.19. The van der Waals surface area contributed by atoms with E-state index in [0.29, 0.717) is 26.0 Å². The molecule has 3 heterocycles. The monoisotopic (exact) mass is 410 g/mol. The van der Waals surface area contributed by atoms with Gasteiger partial charge >= 0.3 is 0 Å². The van der Waals surface area contributed by atoms with Gasteiger partial charge in [-0.15, -0.1) is 10.2 Å². The summed E-state index contributed by atoms with van der Waals surface area (Å²) < 4.78 is 54.7. The summed E-state index contributed by atoms with van der Waals surface area (Å²) in [6.07, 6.45) is 2.57. The van der Waals surface area contributed by atoms with Gasteiger partial charge in [-0.05, 0) is 31.0 Å². The summed E-state index contributed by atoms with van der Waals surface area (Å²) in [6.45, 7) is 1.00. The van der Waals surface area contributed by atoms with Crippen molar-refractivity contribution in [3.63, 3.8) is 0 Å². The highest BCUT2D eigenvalue weighted by molar-refractivity contribution is 7.89. The number of ether oxygens (including phenoxy) is 2. The first-order chi connectivity index (χ1) is 13.5. The van der Waals surface area contributed by atoms with Crippen LogP contribution in [0.15, 0.2) is 23.1 Å². The third-order valence-electron chi connectivity index (χ3n) is 5.48.